The zero-order valence-electron chi connectivity index (χ0n) is 23.0. The summed E-state index contributed by atoms with van der Waals surface area (Å²) in [5.74, 6) is 0.722. The van der Waals surface area contributed by atoms with Crippen molar-refractivity contribution < 1.29 is 0 Å². The van der Waals surface area contributed by atoms with Crippen LogP contribution in [0.25, 0.3) is 0 Å². The molecule has 0 nitrogen and oxygen atoms in total. The van der Waals surface area contributed by atoms with Gasteiger partial charge in [-0.15, -0.1) is 0 Å². The summed E-state index contributed by atoms with van der Waals surface area (Å²) in [5.41, 5.74) is 6.89. The molecule has 5 rings (SSSR count). The average Bonchev–Trinajstić information content (AvgIpc) is 3.34. The molecule has 4 aromatic carbocycles. The molecule has 0 amide bonds. The highest BCUT2D eigenvalue weighted by atomic mass is 31.1. The Bertz CT molecular complexity index is 1200. The molecule has 0 spiro atoms. The van der Waals surface area contributed by atoms with Gasteiger partial charge in [0.15, 0.2) is 0 Å². The van der Waals surface area contributed by atoms with Crippen LogP contribution in [0.4, 0.5) is 0 Å². The Morgan fingerprint density at radius 2 is 1.00 bits per heavy atom. The van der Waals surface area contributed by atoms with E-state index < -0.39 is 15.8 Å². The van der Waals surface area contributed by atoms with Crippen LogP contribution in [0, 0.1) is 33.6 Å². The minimum Gasteiger partial charge on any atom is -0.0622 e. The zero-order valence-corrected chi connectivity index (χ0v) is 24.8. The van der Waals surface area contributed by atoms with Gasteiger partial charge in [0.1, 0.15) is 0 Å². The lowest BCUT2D eigenvalue weighted by molar-refractivity contribution is 0.548. The molecule has 0 heterocycles. The predicted molar refractivity (Wildman–Crippen MR) is 168 cm³/mol. The van der Waals surface area contributed by atoms with Crippen molar-refractivity contribution >= 4 is 37.1 Å². The standard InChI is InChI=1S/C35H40P2/c1-25-19-26(2)22-32(21-25)36(33-23-27(3)20-28(4)24-33)29(5)34-17-12-18-35(34)37(30-13-8-6-9-14-30)31-15-10-7-11-16-31/h6-11,13-16,19-24,29,34-35H,12,17-18H2,1-5H3/t29-,34?,35?/m1/s1. The van der Waals surface area contributed by atoms with E-state index in [0.717, 1.165) is 11.6 Å². The van der Waals surface area contributed by atoms with Crippen LogP contribution >= 0.6 is 15.8 Å². The highest BCUT2D eigenvalue weighted by Gasteiger charge is 2.41. The molecular formula is C35H40P2. The van der Waals surface area contributed by atoms with Crippen molar-refractivity contribution in [3.8, 4) is 0 Å². The van der Waals surface area contributed by atoms with Gasteiger partial charge >= 0.3 is 0 Å². The van der Waals surface area contributed by atoms with Gasteiger partial charge in [0.25, 0.3) is 0 Å². The molecule has 0 aromatic heterocycles. The summed E-state index contributed by atoms with van der Waals surface area (Å²) in [7, 11) is -0.868. The second-order valence-corrected chi connectivity index (χ2v) is 16.0. The first-order valence-corrected chi connectivity index (χ1v) is 16.6. The molecule has 0 saturated heterocycles. The van der Waals surface area contributed by atoms with Crippen LogP contribution in [0.1, 0.15) is 48.4 Å². The predicted octanol–water partition coefficient (Wildman–Crippen LogP) is 8.04. The fourth-order valence-electron chi connectivity index (χ4n) is 6.55. The lowest BCUT2D eigenvalue weighted by atomic mass is 10.0. The molecule has 190 valence electrons. The highest BCUT2D eigenvalue weighted by Crippen LogP contribution is 2.56. The van der Waals surface area contributed by atoms with E-state index in [1.807, 2.05) is 0 Å². The van der Waals surface area contributed by atoms with Crippen molar-refractivity contribution in [3.05, 3.63) is 119 Å². The highest BCUT2D eigenvalue weighted by molar-refractivity contribution is 7.74. The summed E-state index contributed by atoms with van der Waals surface area (Å²) in [6, 6.07) is 37.4. The second-order valence-electron chi connectivity index (χ2n) is 11.0. The third kappa shape index (κ3) is 5.93. The molecule has 0 aliphatic heterocycles. The maximum absolute atomic E-state index is 2.59. The number of aryl methyl sites for hydroxylation is 4. The van der Waals surface area contributed by atoms with Crippen LogP contribution in [0.5, 0.6) is 0 Å². The third-order valence-electron chi connectivity index (χ3n) is 7.93. The molecule has 1 fully saturated rings. The zero-order chi connectivity index (χ0) is 25.9. The Balaban J connectivity index is 1.60. The number of hydrogen-bond donors (Lipinski definition) is 0. The first kappa shape index (κ1) is 26.4. The van der Waals surface area contributed by atoms with Crippen molar-refractivity contribution in [3.63, 3.8) is 0 Å². The minimum atomic E-state index is -0.467. The molecule has 4 aromatic rings. The smallest absolute Gasteiger partial charge is 0.00943 e. The quantitative estimate of drug-likeness (QED) is 0.216. The maximum atomic E-state index is 2.59. The van der Waals surface area contributed by atoms with Gasteiger partial charge in [-0.25, -0.2) is 0 Å². The Labute approximate surface area is 227 Å². The normalized spacial score (nSPS) is 18.5. The van der Waals surface area contributed by atoms with E-state index in [9.17, 15) is 0 Å². The molecule has 1 aliphatic rings. The number of hydrogen-bond acceptors (Lipinski definition) is 0. The number of benzene rings is 4. The van der Waals surface area contributed by atoms with Crippen LogP contribution in [0.3, 0.4) is 0 Å². The van der Waals surface area contributed by atoms with Crippen LogP contribution in [-0.4, -0.2) is 11.3 Å². The summed E-state index contributed by atoms with van der Waals surface area (Å²) >= 11 is 0. The van der Waals surface area contributed by atoms with E-state index in [0.29, 0.717) is 5.66 Å². The summed E-state index contributed by atoms with van der Waals surface area (Å²) in [5, 5.41) is 6.18. The van der Waals surface area contributed by atoms with Crippen molar-refractivity contribution in [2.75, 3.05) is 0 Å². The molecule has 3 atom stereocenters. The van der Waals surface area contributed by atoms with Gasteiger partial charge in [0.2, 0.25) is 0 Å². The molecule has 37 heavy (non-hydrogen) atoms. The van der Waals surface area contributed by atoms with Crippen LogP contribution < -0.4 is 21.2 Å². The van der Waals surface area contributed by atoms with Gasteiger partial charge < -0.3 is 0 Å². The fourth-order valence-corrected chi connectivity index (χ4v) is 13.3. The van der Waals surface area contributed by atoms with Crippen molar-refractivity contribution in [2.24, 2.45) is 5.92 Å². The molecule has 1 aliphatic carbocycles. The molecule has 0 radical (unpaired) electrons. The SMILES string of the molecule is Cc1cc(C)cc(P(c2cc(C)cc(C)c2)[C@H](C)C2CCCC2P(c2ccccc2)c2ccccc2)c1. The first-order valence-electron chi connectivity index (χ1n) is 13.8. The molecule has 0 bridgehead atoms. The molecule has 2 heteroatoms. The Hall–Kier alpha value is -2.26. The summed E-state index contributed by atoms with van der Waals surface area (Å²) < 4.78 is 0. The van der Waals surface area contributed by atoms with Gasteiger partial charge in [0.05, 0.1) is 0 Å². The summed E-state index contributed by atoms with van der Waals surface area (Å²) in [6.07, 6.45) is 4.03. The van der Waals surface area contributed by atoms with Crippen LogP contribution in [0.15, 0.2) is 97.1 Å². The van der Waals surface area contributed by atoms with Crippen molar-refractivity contribution in [1.29, 1.82) is 0 Å². The van der Waals surface area contributed by atoms with Gasteiger partial charge in [-0.1, -0.05) is 133 Å². The largest absolute Gasteiger partial charge is 0.0622 e. The summed E-state index contributed by atoms with van der Waals surface area (Å²) in [6.45, 7) is 11.6. The molecule has 2 unspecified atom stereocenters. The van der Waals surface area contributed by atoms with Crippen LogP contribution in [0.2, 0.25) is 0 Å². The van der Waals surface area contributed by atoms with Crippen molar-refractivity contribution in [1.82, 2.24) is 0 Å². The van der Waals surface area contributed by atoms with Crippen LogP contribution in [-0.2, 0) is 0 Å². The third-order valence-corrected chi connectivity index (χ3v) is 13.8. The van der Waals surface area contributed by atoms with Gasteiger partial charge in [-0.3, -0.25) is 0 Å². The minimum absolute atomic E-state index is 0.401. The lowest BCUT2D eigenvalue weighted by Gasteiger charge is -2.37. The molecule has 0 N–H and O–H groups in total. The molecule has 1 saturated carbocycles. The Kier molecular flexibility index (Phi) is 8.29. The van der Waals surface area contributed by atoms with Gasteiger partial charge in [-0.05, 0) is 94.8 Å². The van der Waals surface area contributed by atoms with E-state index in [2.05, 4.69) is 132 Å². The van der Waals surface area contributed by atoms with E-state index >= 15 is 0 Å². The van der Waals surface area contributed by atoms with Gasteiger partial charge in [-0.2, -0.15) is 0 Å². The fraction of sp³-hybridized carbons (Fsp3) is 0.314. The second kappa shape index (κ2) is 11.6. The first-order chi connectivity index (χ1) is 17.9. The van der Waals surface area contributed by atoms with E-state index in [1.165, 1.54) is 52.1 Å². The maximum Gasteiger partial charge on any atom is -0.00943 e. The Morgan fingerprint density at radius 1 is 0.568 bits per heavy atom. The number of rotatable bonds is 7. The topological polar surface area (TPSA) is 0 Å². The Morgan fingerprint density at radius 3 is 1.43 bits per heavy atom. The molecular weight excluding hydrogens is 482 g/mol. The monoisotopic (exact) mass is 522 g/mol. The van der Waals surface area contributed by atoms with Gasteiger partial charge in [0, 0.05) is 0 Å². The van der Waals surface area contributed by atoms with E-state index in [4.69, 9.17) is 0 Å². The van der Waals surface area contributed by atoms with E-state index in [1.54, 1.807) is 10.6 Å². The average molecular weight is 523 g/mol. The van der Waals surface area contributed by atoms with Crippen molar-refractivity contribution in [2.45, 2.75) is 65.2 Å². The summed E-state index contributed by atoms with van der Waals surface area (Å²) in [4.78, 5) is 0. The lowest BCUT2D eigenvalue weighted by Crippen LogP contribution is -2.33. The van der Waals surface area contributed by atoms with E-state index in [-0.39, 0.29) is 0 Å².